The van der Waals surface area contributed by atoms with Crippen LogP contribution >= 0.6 is 0 Å². The molecule has 0 atom stereocenters. The summed E-state index contributed by atoms with van der Waals surface area (Å²) in [7, 11) is 0. The smallest absolute Gasteiger partial charge is 0.387 e. The first-order chi connectivity index (χ1) is 9.60. The van der Waals surface area contributed by atoms with Crippen molar-refractivity contribution in [2.75, 3.05) is 0 Å². The van der Waals surface area contributed by atoms with E-state index in [9.17, 15) is 13.2 Å². The fourth-order valence-electron chi connectivity index (χ4n) is 1.98. The maximum Gasteiger partial charge on any atom is 0.387 e. The van der Waals surface area contributed by atoms with Crippen molar-refractivity contribution in [1.82, 2.24) is 0 Å². The van der Waals surface area contributed by atoms with E-state index in [0.29, 0.717) is 5.56 Å². The number of rotatable bonds is 5. The third-order valence-electron chi connectivity index (χ3n) is 2.87. The van der Waals surface area contributed by atoms with Gasteiger partial charge in [0.15, 0.2) is 11.6 Å². The highest BCUT2D eigenvalue weighted by Crippen LogP contribution is 2.27. The number of alkyl halides is 2. The van der Waals surface area contributed by atoms with Crippen LogP contribution in [0, 0.1) is 12.7 Å². The largest absolute Gasteiger partial charge is 0.432 e. The Morgan fingerprint density at radius 1 is 1.05 bits per heavy atom. The molecule has 0 spiro atoms. The summed E-state index contributed by atoms with van der Waals surface area (Å²) in [5.41, 5.74) is 2.55. The van der Waals surface area contributed by atoms with Crippen LogP contribution in [0.1, 0.15) is 12.0 Å². The Morgan fingerprint density at radius 3 is 2.45 bits per heavy atom. The van der Waals surface area contributed by atoms with Crippen LogP contribution in [0.3, 0.4) is 0 Å². The molecule has 0 aliphatic rings. The van der Waals surface area contributed by atoms with Gasteiger partial charge in [0.25, 0.3) is 0 Å². The minimum absolute atomic E-state index is 0.447. The summed E-state index contributed by atoms with van der Waals surface area (Å²) in [6, 6.07) is 11.6. The molecule has 1 radical (unpaired) electrons. The van der Waals surface area contributed by atoms with Crippen LogP contribution in [0.4, 0.5) is 13.2 Å². The lowest BCUT2D eigenvalue weighted by Crippen LogP contribution is -2.03. The molecular weight excluding hydrogens is 265 g/mol. The van der Waals surface area contributed by atoms with E-state index in [1.54, 1.807) is 6.07 Å². The molecule has 0 fully saturated rings. The highest BCUT2D eigenvalue weighted by molar-refractivity contribution is 5.65. The van der Waals surface area contributed by atoms with Crippen LogP contribution < -0.4 is 4.74 Å². The first-order valence-corrected chi connectivity index (χ1v) is 6.23. The summed E-state index contributed by atoms with van der Waals surface area (Å²) < 4.78 is 41.9. The van der Waals surface area contributed by atoms with Gasteiger partial charge >= 0.3 is 6.61 Å². The molecule has 2 aromatic carbocycles. The molecule has 0 aliphatic carbocycles. The second kappa shape index (κ2) is 6.46. The maximum absolute atomic E-state index is 13.7. The lowest BCUT2D eigenvalue weighted by Gasteiger charge is -2.08. The Hall–Kier alpha value is -1.97. The van der Waals surface area contributed by atoms with Crippen molar-refractivity contribution < 1.29 is 17.9 Å². The van der Waals surface area contributed by atoms with Crippen molar-refractivity contribution in [3.63, 3.8) is 0 Å². The molecular formula is C16H14F3O. The number of aryl methyl sites for hydroxylation is 1. The monoisotopic (exact) mass is 279 g/mol. The first-order valence-electron chi connectivity index (χ1n) is 6.23. The molecule has 0 saturated heterocycles. The molecule has 0 heterocycles. The first kappa shape index (κ1) is 14.4. The minimum Gasteiger partial charge on any atom is -0.432 e. The topological polar surface area (TPSA) is 9.23 Å². The van der Waals surface area contributed by atoms with Crippen molar-refractivity contribution in [1.29, 1.82) is 0 Å². The zero-order valence-electron chi connectivity index (χ0n) is 10.8. The van der Waals surface area contributed by atoms with E-state index in [1.807, 2.05) is 24.3 Å². The molecule has 0 aliphatic heterocycles. The molecule has 0 amide bonds. The third-order valence-corrected chi connectivity index (χ3v) is 2.87. The molecule has 20 heavy (non-hydrogen) atoms. The molecule has 1 nitrogen and oxygen atoms in total. The van der Waals surface area contributed by atoms with Gasteiger partial charge in [-0.3, -0.25) is 0 Å². The quantitative estimate of drug-likeness (QED) is 0.759. The van der Waals surface area contributed by atoms with Crippen molar-refractivity contribution in [2.24, 2.45) is 0 Å². The van der Waals surface area contributed by atoms with Crippen LogP contribution in [0.2, 0.25) is 0 Å². The Kier molecular flexibility index (Phi) is 4.66. The van der Waals surface area contributed by atoms with Gasteiger partial charge in [-0.1, -0.05) is 37.3 Å². The van der Waals surface area contributed by atoms with E-state index in [-0.39, 0.29) is 0 Å². The third kappa shape index (κ3) is 3.53. The fourth-order valence-corrected chi connectivity index (χ4v) is 1.98. The van der Waals surface area contributed by atoms with Crippen molar-refractivity contribution in [2.45, 2.75) is 19.5 Å². The number of halogens is 3. The highest BCUT2D eigenvalue weighted by Gasteiger charge is 2.11. The van der Waals surface area contributed by atoms with E-state index >= 15 is 0 Å². The second-order valence-electron chi connectivity index (χ2n) is 4.33. The van der Waals surface area contributed by atoms with E-state index in [2.05, 4.69) is 11.7 Å². The number of hydrogen-bond donors (Lipinski definition) is 0. The van der Waals surface area contributed by atoms with Crippen LogP contribution in [-0.4, -0.2) is 6.61 Å². The summed E-state index contributed by atoms with van der Waals surface area (Å²) in [6.45, 7) is 0.757. The van der Waals surface area contributed by atoms with Gasteiger partial charge in [-0.25, -0.2) is 4.39 Å². The van der Waals surface area contributed by atoms with Crippen molar-refractivity contribution in [3.05, 3.63) is 60.8 Å². The summed E-state index contributed by atoms with van der Waals surface area (Å²) in [5.74, 6) is -1.25. The predicted octanol–water partition coefficient (Wildman–Crippen LogP) is 4.86. The van der Waals surface area contributed by atoms with E-state index < -0.39 is 18.2 Å². The molecule has 0 saturated carbocycles. The molecule has 0 aromatic heterocycles. The zero-order chi connectivity index (χ0) is 14.5. The molecule has 0 bridgehead atoms. The maximum atomic E-state index is 13.7. The summed E-state index contributed by atoms with van der Waals surface area (Å²) >= 11 is 0. The molecule has 105 valence electrons. The summed E-state index contributed by atoms with van der Waals surface area (Å²) in [6.07, 6.45) is 1.61. The fraction of sp³-hybridized carbons (Fsp3) is 0.188. The van der Waals surface area contributed by atoms with Gasteiger partial charge in [0.1, 0.15) is 0 Å². The van der Waals surface area contributed by atoms with Gasteiger partial charge < -0.3 is 4.74 Å². The molecule has 2 rings (SSSR count). The van der Waals surface area contributed by atoms with Gasteiger partial charge in [-0.15, -0.1) is 0 Å². The standard InChI is InChI=1S/C16H14F3O/c1-2-4-11-5-3-6-12(9-11)13-7-8-15(14(17)10-13)20-16(18)19/h3,5-10,16H,1-2,4H2. The average molecular weight is 279 g/mol. The van der Waals surface area contributed by atoms with Gasteiger partial charge in [-0.05, 0) is 41.7 Å². The summed E-state index contributed by atoms with van der Waals surface area (Å²) in [4.78, 5) is 0. The lowest BCUT2D eigenvalue weighted by atomic mass is 10.0. The zero-order valence-corrected chi connectivity index (χ0v) is 10.8. The van der Waals surface area contributed by atoms with Gasteiger partial charge in [0, 0.05) is 0 Å². The average Bonchev–Trinajstić information content (AvgIpc) is 2.41. The van der Waals surface area contributed by atoms with Crippen LogP contribution in [0.15, 0.2) is 42.5 Å². The van der Waals surface area contributed by atoms with Crippen molar-refractivity contribution in [3.8, 4) is 16.9 Å². The normalized spacial score (nSPS) is 10.8. The van der Waals surface area contributed by atoms with E-state index in [0.717, 1.165) is 24.0 Å². The summed E-state index contributed by atoms with van der Waals surface area (Å²) in [5, 5.41) is 0. The van der Waals surface area contributed by atoms with E-state index in [4.69, 9.17) is 0 Å². The van der Waals surface area contributed by atoms with Gasteiger partial charge in [-0.2, -0.15) is 8.78 Å². The van der Waals surface area contributed by atoms with Crippen LogP contribution in [0.25, 0.3) is 11.1 Å². The molecule has 0 unspecified atom stereocenters. The molecule has 0 N–H and O–H groups in total. The minimum atomic E-state index is -3.03. The Bertz CT molecular complexity index is 582. The van der Waals surface area contributed by atoms with E-state index in [1.165, 1.54) is 12.1 Å². The van der Waals surface area contributed by atoms with Crippen molar-refractivity contribution >= 4 is 0 Å². The van der Waals surface area contributed by atoms with Gasteiger partial charge in [0.05, 0.1) is 0 Å². The second-order valence-corrected chi connectivity index (χ2v) is 4.33. The predicted molar refractivity (Wildman–Crippen MR) is 72.1 cm³/mol. The Labute approximate surface area is 116 Å². The number of benzene rings is 2. The highest BCUT2D eigenvalue weighted by atomic mass is 19.3. The lowest BCUT2D eigenvalue weighted by molar-refractivity contribution is -0.0521. The number of hydrogen-bond acceptors (Lipinski definition) is 1. The SMILES string of the molecule is [CH2]CCc1cccc(-c2ccc(OC(F)F)c(F)c2)c1. The molecule has 2 aromatic rings. The van der Waals surface area contributed by atoms with Crippen LogP contribution in [-0.2, 0) is 6.42 Å². The molecule has 4 heteroatoms. The van der Waals surface area contributed by atoms with Gasteiger partial charge in [0.2, 0.25) is 0 Å². The van der Waals surface area contributed by atoms with Crippen LogP contribution in [0.5, 0.6) is 5.75 Å². The Balaban J connectivity index is 2.29. The number of ether oxygens (including phenoxy) is 1. The Morgan fingerprint density at radius 2 is 1.80 bits per heavy atom.